The van der Waals surface area contributed by atoms with Crippen molar-refractivity contribution in [3.63, 3.8) is 0 Å². The molecule has 0 unspecified atom stereocenters. The maximum atomic E-state index is 11.6. The lowest BCUT2D eigenvalue weighted by atomic mass is 10.0. The molecule has 9 heteroatoms. The number of aromatic nitrogens is 1. The predicted octanol–water partition coefficient (Wildman–Crippen LogP) is 5.56. The average Bonchev–Trinajstić information content (AvgIpc) is 3.19. The SMILES string of the molecule is CC(C)c1onc(-c2c(Cl)cccc2Cl)c1COc1ccc(/C=C/C(=O)NCC(=O)O)cc1. The van der Waals surface area contributed by atoms with Crippen molar-refractivity contribution in [3.05, 3.63) is 75.5 Å². The van der Waals surface area contributed by atoms with Crippen molar-refractivity contribution in [1.82, 2.24) is 10.5 Å². The number of carbonyl (C=O) groups excluding carboxylic acids is 1. The van der Waals surface area contributed by atoms with Crippen molar-refractivity contribution < 1.29 is 24.0 Å². The second-order valence-electron chi connectivity index (χ2n) is 7.43. The summed E-state index contributed by atoms with van der Waals surface area (Å²) in [6.45, 7) is 3.75. The fraction of sp³-hybridized carbons (Fsp3) is 0.208. The van der Waals surface area contributed by atoms with Crippen molar-refractivity contribution in [2.24, 2.45) is 0 Å². The van der Waals surface area contributed by atoms with Gasteiger partial charge in [-0.25, -0.2) is 0 Å². The van der Waals surface area contributed by atoms with E-state index in [0.29, 0.717) is 32.8 Å². The van der Waals surface area contributed by atoms with Gasteiger partial charge in [-0.2, -0.15) is 0 Å². The van der Waals surface area contributed by atoms with Crippen LogP contribution in [-0.4, -0.2) is 28.7 Å². The molecular weight excluding hydrogens is 467 g/mol. The Morgan fingerprint density at radius 2 is 1.82 bits per heavy atom. The van der Waals surface area contributed by atoms with Gasteiger partial charge in [-0.1, -0.05) is 60.4 Å². The van der Waals surface area contributed by atoms with E-state index in [-0.39, 0.29) is 12.5 Å². The van der Waals surface area contributed by atoms with Crippen LogP contribution in [0.4, 0.5) is 0 Å². The van der Waals surface area contributed by atoms with Crippen molar-refractivity contribution in [2.45, 2.75) is 26.4 Å². The molecule has 1 aromatic heterocycles. The van der Waals surface area contributed by atoms with Gasteiger partial charge in [-0.3, -0.25) is 9.59 Å². The van der Waals surface area contributed by atoms with Crippen molar-refractivity contribution in [1.29, 1.82) is 0 Å². The number of ether oxygens (including phenoxy) is 1. The maximum absolute atomic E-state index is 11.6. The first kappa shape index (κ1) is 24.4. The third-order valence-corrected chi connectivity index (χ3v) is 5.28. The fourth-order valence-electron chi connectivity index (χ4n) is 3.06. The summed E-state index contributed by atoms with van der Waals surface area (Å²) in [4.78, 5) is 22.1. The summed E-state index contributed by atoms with van der Waals surface area (Å²) < 4.78 is 11.6. The molecule has 0 saturated carbocycles. The molecule has 0 fully saturated rings. The largest absolute Gasteiger partial charge is 0.489 e. The predicted molar refractivity (Wildman–Crippen MR) is 127 cm³/mol. The Morgan fingerprint density at radius 1 is 1.15 bits per heavy atom. The molecule has 172 valence electrons. The van der Waals surface area contributed by atoms with Gasteiger partial charge >= 0.3 is 5.97 Å². The first-order chi connectivity index (χ1) is 15.8. The summed E-state index contributed by atoms with van der Waals surface area (Å²) in [6, 6.07) is 12.3. The smallest absolute Gasteiger partial charge is 0.322 e. The van der Waals surface area contributed by atoms with E-state index in [4.69, 9.17) is 37.6 Å². The number of nitrogens with one attached hydrogen (secondary N) is 1. The van der Waals surface area contributed by atoms with E-state index in [9.17, 15) is 9.59 Å². The van der Waals surface area contributed by atoms with Crippen LogP contribution in [0.1, 0.15) is 36.7 Å². The Kier molecular flexibility index (Phi) is 8.14. The van der Waals surface area contributed by atoms with E-state index in [1.807, 2.05) is 13.8 Å². The lowest BCUT2D eigenvalue weighted by molar-refractivity contribution is -0.137. The molecule has 7 nitrogen and oxygen atoms in total. The van der Waals surface area contributed by atoms with Crippen LogP contribution in [0.3, 0.4) is 0 Å². The van der Waals surface area contributed by atoms with Gasteiger partial charge in [0.1, 0.15) is 30.4 Å². The number of aliphatic carboxylic acids is 1. The molecule has 3 rings (SSSR count). The van der Waals surface area contributed by atoms with Crippen LogP contribution in [0, 0.1) is 0 Å². The van der Waals surface area contributed by atoms with Gasteiger partial charge in [0.15, 0.2) is 0 Å². The molecule has 0 bridgehead atoms. The summed E-state index contributed by atoms with van der Waals surface area (Å²) in [6.07, 6.45) is 2.85. The highest BCUT2D eigenvalue weighted by atomic mass is 35.5. The van der Waals surface area contributed by atoms with Crippen LogP contribution in [0.2, 0.25) is 10.0 Å². The summed E-state index contributed by atoms with van der Waals surface area (Å²) in [7, 11) is 0. The lowest BCUT2D eigenvalue weighted by Gasteiger charge is -2.11. The minimum absolute atomic E-state index is 0.0749. The Labute approximate surface area is 200 Å². The van der Waals surface area contributed by atoms with Crippen molar-refractivity contribution in [3.8, 4) is 17.0 Å². The number of rotatable bonds is 9. The second kappa shape index (κ2) is 11.0. The zero-order chi connectivity index (χ0) is 24.0. The zero-order valence-corrected chi connectivity index (χ0v) is 19.5. The summed E-state index contributed by atoms with van der Waals surface area (Å²) >= 11 is 12.8. The number of amides is 1. The highest BCUT2D eigenvalue weighted by Gasteiger charge is 2.23. The van der Waals surface area contributed by atoms with Crippen LogP contribution < -0.4 is 10.1 Å². The molecule has 0 atom stereocenters. The van der Waals surface area contributed by atoms with Gasteiger partial charge in [-0.05, 0) is 35.9 Å². The van der Waals surface area contributed by atoms with Gasteiger partial charge in [0.25, 0.3) is 0 Å². The Morgan fingerprint density at radius 3 is 2.42 bits per heavy atom. The summed E-state index contributed by atoms with van der Waals surface area (Å²) in [5.41, 5.74) is 2.65. The van der Waals surface area contributed by atoms with E-state index in [0.717, 1.165) is 11.1 Å². The molecular formula is C24H22Cl2N2O5. The van der Waals surface area contributed by atoms with E-state index >= 15 is 0 Å². The minimum Gasteiger partial charge on any atom is -0.489 e. The number of carboxylic acids is 1. The fourth-order valence-corrected chi connectivity index (χ4v) is 3.64. The van der Waals surface area contributed by atoms with Crippen LogP contribution in [-0.2, 0) is 16.2 Å². The van der Waals surface area contributed by atoms with Crippen LogP contribution in [0.15, 0.2) is 53.1 Å². The number of nitrogens with zero attached hydrogens (tertiary/aromatic N) is 1. The normalized spacial score (nSPS) is 11.2. The molecule has 0 aliphatic carbocycles. The van der Waals surface area contributed by atoms with Gasteiger partial charge in [0.2, 0.25) is 5.91 Å². The van der Waals surface area contributed by atoms with E-state index < -0.39 is 18.4 Å². The molecule has 1 heterocycles. The lowest BCUT2D eigenvalue weighted by Crippen LogP contribution is -2.27. The van der Waals surface area contributed by atoms with Crippen LogP contribution in [0.5, 0.6) is 5.75 Å². The number of carboxylic acid groups (broad SMARTS) is 1. The van der Waals surface area contributed by atoms with Gasteiger partial charge in [0.05, 0.1) is 15.6 Å². The Balaban J connectivity index is 1.74. The molecule has 3 aromatic rings. The third-order valence-electron chi connectivity index (χ3n) is 4.65. The molecule has 0 aliphatic heterocycles. The standard InChI is InChI=1S/C24H22Cl2N2O5/c1-14(2)24-17(23(28-33-24)22-18(25)4-3-5-19(22)26)13-32-16-9-6-15(7-10-16)8-11-20(29)27-12-21(30)31/h3-11,14H,12-13H2,1-2H3,(H,27,29)(H,30,31)/b11-8+. The van der Waals surface area contributed by atoms with E-state index in [2.05, 4.69) is 10.5 Å². The topological polar surface area (TPSA) is 102 Å². The third kappa shape index (κ3) is 6.37. The highest BCUT2D eigenvalue weighted by molar-refractivity contribution is 6.39. The number of hydrogen-bond acceptors (Lipinski definition) is 5. The second-order valence-corrected chi connectivity index (χ2v) is 8.24. The first-order valence-electron chi connectivity index (χ1n) is 10.1. The van der Waals surface area contributed by atoms with Crippen molar-refractivity contribution in [2.75, 3.05) is 6.54 Å². The molecule has 1 amide bonds. The molecule has 0 saturated heterocycles. The maximum Gasteiger partial charge on any atom is 0.322 e. The molecule has 33 heavy (non-hydrogen) atoms. The van der Waals surface area contributed by atoms with Gasteiger partial charge < -0.3 is 19.7 Å². The van der Waals surface area contributed by atoms with Gasteiger partial charge in [0, 0.05) is 17.6 Å². The Hall–Kier alpha value is -3.29. The summed E-state index contributed by atoms with van der Waals surface area (Å²) in [5.74, 6) is -0.225. The number of benzene rings is 2. The molecule has 0 spiro atoms. The number of hydrogen-bond donors (Lipinski definition) is 2. The van der Waals surface area contributed by atoms with Crippen molar-refractivity contribution >= 4 is 41.2 Å². The molecule has 0 aliphatic rings. The molecule has 2 aromatic carbocycles. The minimum atomic E-state index is -1.10. The van der Waals surface area contributed by atoms with E-state index in [1.54, 1.807) is 48.5 Å². The summed E-state index contributed by atoms with van der Waals surface area (Å²) in [5, 5.41) is 16.0. The monoisotopic (exact) mass is 488 g/mol. The van der Waals surface area contributed by atoms with Crippen LogP contribution in [0.25, 0.3) is 17.3 Å². The van der Waals surface area contributed by atoms with Gasteiger partial charge in [-0.15, -0.1) is 0 Å². The Bertz CT molecular complexity index is 1150. The van der Waals surface area contributed by atoms with Crippen LogP contribution >= 0.6 is 23.2 Å². The van der Waals surface area contributed by atoms with E-state index in [1.165, 1.54) is 6.08 Å². The first-order valence-corrected chi connectivity index (χ1v) is 10.8. The quantitative estimate of drug-likeness (QED) is 0.382. The molecule has 0 radical (unpaired) electrons. The number of halogens is 2. The zero-order valence-electron chi connectivity index (χ0n) is 18.0. The molecule has 2 N–H and O–H groups in total. The highest BCUT2D eigenvalue weighted by Crippen LogP contribution is 2.38. The number of carbonyl (C=O) groups is 2. The average molecular weight is 489 g/mol.